The third-order valence-electron chi connectivity index (χ3n) is 5.22. The van der Waals surface area contributed by atoms with Crippen LogP contribution in [0.3, 0.4) is 0 Å². The molecule has 1 aliphatic rings. The van der Waals surface area contributed by atoms with Crippen LogP contribution in [0.5, 0.6) is 5.75 Å². The Hall–Kier alpha value is -3.32. The summed E-state index contributed by atoms with van der Waals surface area (Å²) in [6, 6.07) is 13.7. The van der Waals surface area contributed by atoms with Crippen molar-refractivity contribution >= 4 is 23.1 Å². The van der Waals surface area contributed by atoms with E-state index in [4.69, 9.17) is 9.47 Å². The van der Waals surface area contributed by atoms with Crippen LogP contribution in [0.25, 0.3) is 5.76 Å². The van der Waals surface area contributed by atoms with Crippen molar-refractivity contribution in [3.63, 3.8) is 0 Å². The fraction of sp³-hybridized carbons (Fsp3) is 0.333. The number of carbonyl (C=O) groups is 2. The molecule has 0 aliphatic carbocycles. The maximum absolute atomic E-state index is 13.0. The van der Waals surface area contributed by atoms with Crippen molar-refractivity contribution in [2.75, 3.05) is 45.9 Å². The van der Waals surface area contributed by atoms with Gasteiger partial charge < -0.3 is 24.4 Å². The van der Waals surface area contributed by atoms with Gasteiger partial charge in [0.2, 0.25) is 0 Å². The second kappa shape index (κ2) is 9.66. The first-order chi connectivity index (χ1) is 14.9. The Bertz CT molecular complexity index is 982. The van der Waals surface area contributed by atoms with Gasteiger partial charge in [-0.05, 0) is 36.8 Å². The molecule has 0 radical (unpaired) electrons. The molecule has 1 atom stereocenters. The predicted octanol–water partition coefficient (Wildman–Crippen LogP) is 3.22. The van der Waals surface area contributed by atoms with E-state index in [1.807, 2.05) is 50.2 Å². The molecular weight excluding hydrogens is 396 g/mol. The molecule has 1 aliphatic heterocycles. The largest absolute Gasteiger partial charge is 0.507 e. The van der Waals surface area contributed by atoms with Crippen molar-refractivity contribution in [3.05, 3.63) is 65.2 Å². The number of hydrogen-bond acceptors (Lipinski definition) is 6. The molecule has 1 fully saturated rings. The summed E-state index contributed by atoms with van der Waals surface area (Å²) in [5.41, 5.74) is 2.21. The van der Waals surface area contributed by atoms with Gasteiger partial charge in [0.25, 0.3) is 11.7 Å². The van der Waals surface area contributed by atoms with Gasteiger partial charge in [0, 0.05) is 39.0 Å². The Morgan fingerprint density at radius 2 is 1.84 bits per heavy atom. The summed E-state index contributed by atoms with van der Waals surface area (Å²) < 4.78 is 10.6. The molecule has 0 bridgehead atoms. The zero-order chi connectivity index (χ0) is 22.5. The maximum Gasteiger partial charge on any atom is 0.295 e. The van der Waals surface area contributed by atoms with Crippen molar-refractivity contribution in [1.82, 2.24) is 4.90 Å². The third-order valence-corrected chi connectivity index (χ3v) is 5.22. The molecule has 1 saturated heterocycles. The number of nitrogens with zero attached hydrogens (tertiary/aromatic N) is 2. The van der Waals surface area contributed by atoms with E-state index in [-0.39, 0.29) is 24.5 Å². The Balaban J connectivity index is 2.12. The first-order valence-electron chi connectivity index (χ1n) is 10.2. The van der Waals surface area contributed by atoms with Crippen molar-refractivity contribution in [2.45, 2.75) is 13.0 Å². The fourth-order valence-corrected chi connectivity index (χ4v) is 3.66. The zero-order valence-electron chi connectivity index (χ0n) is 18.3. The number of amides is 1. The number of rotatable bonds is 8. The number of Topliss-reactive ketones (excluding diaryl/α,β-unsaturated/α-hetero) is 1. The lowest BCUT2D eigenvalue weighted by atomic mass is 9.95. The molecule has 1 heterocycles. The van der Waals surface area contributed by atoms with E-state index in [0.717, 1.165) is 11.3 Å². The lowest BCUT2D eigenvalue weighted by Crippen LogP contribution is -2.32. The highest BCUT2D eigenvalue weighted by atomic mass is 16.5. The Labute approximate surface area is 182 Å². The van der Waals surface area contributed by atoms with E-state index in [1.54, 1.807) is 24.3 Å². The molecule has 1 N–H and O–H groups in total. The van der Waals surface area contributed by atoms with E-state index in [0.29, 0.717) is 17.9 Å². The van der Waals surface area contributed by atoms with Crippen LogP contribution in [0.4, 0.5) is 5.69 Å². The van der Waals surface area contributed by atoms with Crippen LogP contribution >= 0.6 is 0 Å². The summed E-state index contributed by atoms with van der Waals surface area (Å²) in [6.07, 6.45) is 0. The number of carbonyl (C=O) groups excluding carboxylic acids is 2. The van der Waals surface area contributed by atoms with E-state index in [9.17, 15) is 14.7 Å². The van der Waals surface area contributed by atoms with Gasteiger partial charge in [0.05, 0.1) is 24.8 Å². The molecule has 0 spiro atoms. The Morgan fingerprint density at radius 3 is 2.45 bits per heavy atom. The van der Waals surface area contributed by atoms with Gasteiger partial charge in [-0.1, -0.05) is 24.3 Å². The van der Waals surface area contributed by atoms with Crippen LogP contribution in [-0.4, -0.2) is 62.7 Å². The van der Waals surface area contributed by atoms with Gasteiger partial charge in [-0.15, -0.1) is 0 Å². The summed E-state index contributed by atoms with van der Waals surface area (Å²) in [6.45, 7) is 2.85. The number of likely N-dealkylation sites (tertiary alicyclic amines) is 1. The van der Waals surface area contributed by atoms with Crippen molar-refractivity contribution in [2.24, 2.45) is 0 Å². The molecular formula is C24H28N2O5. The van der Waals surface area contributed by atoms with Crippen LogP contribution in [-0.2, 0) is 14.3 Å². The highest BCUT2D eigenvalue weighted by Crippen LogP contribution is 2.40. The Kier molecular flexibility index (Phi) is 6.97. The molecule has 164 valence electrons. The molecule has 2 aromatic carbocycles. The van der Waals surface area contributed by atoms with Gasteiger partial charge in [-0.25, -0.2) is 0 Å². The number of aliphatic hydroxyl groups is 1. The minimum absolute atomic E-state index is 0.0624. The standard InChI is InChI=1S/C24H28N2O5/c1-5-31-19-8-6-7-17(15-19)22(27)20-21(16-9-11-18(12-10-16)25(2)3)26(13-14-30-4)24(29)23(20)28/h6-12,15,21,27H,5,13-14H2,1-4H3. The fourth-order valence-electron chi connectivity index (χ4n) is 3.66. The van der Waals surface area contributed by atoms with Gasteiger partial charge in [0.1, 0.15) is 11.5 Å². The van der Waals surface area contributed by atoms with Gasteiger partial charge in [-0.3, -0.25) is 9.59 Å². The van der Waals surface area contributed by atoms with Crippen molar-refractivity contribution in [1.29, 1.82) is 0 Å². The van der Waals surface area contributed by atoms with E-state index in [2.05, 4.69) is 0 Å². The summed E-state index contributed by atoms with van der Waals surface area (Å²) in [5, 5.41) is 11.1. The van der Waals surface area contributed by atoms with Crippen LogP contribution in [0.15, 0.2) is 54.1 Å². The topological polar surface area (TPSA) is 79.3 Å². The number of methoxy groups -OCH3 is 1. The summed E-state index contributed by atoms with van der Waals surface area (Å²) in [7, 11) is 5.41. The van der Waals surface area contributed by atoms with Gasteiger partial charge in [-0.2, -0.15) is 0 Å². The molecule has 7 heteroatoms. The van der Waals surface area contributed by atoms with Crippen LogP contribution in [0, 0.1) is 0 Å². The number of anilines is 1. The highest BCUT2D eigenvalue weighted by Gasteiger charge is 2.45. The zero-order valence-corrected chi connectivity index (χ0v) is 18.3. The highest BCUT2D eigenvalue weighted by molar-refractivity contribution is 6.46. The molecule has 3 rings (SSSR count). The number of hydrogen-bond donors (Lipinski definition) is 1. The summed E-state index contributed by atoms with van der Waals surface area (Å²) in [5.74, 6) is -1.01. The maximum atomic E-state index is 13.0. The van der Waals surface area contributed by atoms with Gasteiger partial charge in [0.15, 0.2) is 0 Å². The minimum Gasteiger partial charge on any atom is -0.507 e. The van der Waals surface area contributed by atoms with E-state index < -0.39 is 17.7 Å². The third kappa shape index (κ3) is 4.56. The van der Waals surface area contributed by atoms with Crippen molar-refractivity contribution in [3.8, 4) is 5.75 Å². The molecule has 7 nitrogen and oxygen atoms in total. The smallest absolute Gasteiger partial charge is 0.295 e. The monoisotopic (exact) mass is 424 g/mol. The molecule has 0 saturated carbocycles. The normalized spacial score (nSPS) is 17.8. The number of ketones is 1. The summed E-state index contributed by atoms with van der Waals surface area (Å²) in [4.78, 5) is 29.2. The van der Waals surface area contributed by atoms with Crippen molar-refractivity contribution < 1.29 is 24.2 Å². The predicted molar refractivity (Wildman–Crippen MR) is 119 cm³/mol. The van der Waals surface area contributed by atoms with Crippen LogP contribution in [0.2, 0.25) is 0 Å². The molecule has 1 unspecified atom stereocenters. The Morgan fingerprint density at radius 1 is 1.13 bits per heavy atom. The average molecular weight is 424 g/mol. The summed E-state index contributed by atoms with van der Waals surface area (Å²) >= 11 is 0. The quantitative estimate of drug-likeness (QED) is 0.398. The second-order valence-corrected chi connectivity index (χ2v) is 7.43. The van der Waals surface area contributed by atoms with Crippen LogP contribution in [0.1, 0.15) is 24.1 Å². The lowest BCUT2D eigenvalue weighted by Gasteiger charge is -2.25. The lowest BCUT2D eigenvalue weighted by molar-refractivity contribution is -0.140. The minimum atomic E-state index is -0.711. The number of benzene rings is 2. The van der Waals surface area contributed by atoms with E-state index in [1.165, 1.54) is 12.0 Å². The number of aliphatic hydroxyl groups excluding tert-OH is 1. The van der Waals surface area contributed by atoms with Gasteiger partial charge >= 0.3 is 0 Å². The molecule has 31 heavy (non-hydrogen) atoms. The molecule has 0 aromatic heterocycles. The van der Waals surface area contributed by atoms with E-state index >= 15 is 0 Å². The van der Waals surface area contributed by atoms with Crippen LogP contribution < -0.4 is 9.64 Å². The SMILES string of the molecule is CCOc1cccc(C(O)=C2C(=O)C(=O)N(CCOC)C2c2ccc(N(C)C)cc2)c1. The average Bonchev–Trinajstić information content (AvgIpc) is 3.02. The number of ether oxygens (including phenoxy) is 2. The first kappa shape index (κ1) is 22.4. The first-order valence-corrected chi connectivity index (χ1v) is 10.2. The second-order valence-electron chi connectivity index (χ2n) is 7.43. The molecule has 1 amide bonds. The molecule has 2 aromatic rings.